The van der Waals surface area contributed by atoms with Gasteiger partial charge < -0.3 is 10.2 Å². The fourth-order valence-corrected chi connectivity index (χ4v) is 3.04. The van der Waals surface area contributed by atoms with Crippen molar-refractivity contribution in [1.29, 1.82) is 0 Å². The van der Waals surface area contributed by atoms with Gasteiger partial charge in [-0.15, -0.1) is 0 Å². The zero-order valence-corrected chi connectivity index (χ0v) is 13.4. The first-order valence-corrected chi connectivity index (χ1v) is 8.30. The third-order valence-electron chi connectivity index (χ3n) is 3.21. The van der Waals surface area contributed by atoms with Crippen LogP contribution in [0.1, 0.15) is 11.1 Å². The molecule has 1 aliphatic rings. The number of allylic oxidation sites excluding steroid dienone is 1. The molecule has 2 rings (SSSR count). The Morgan fingerprint density at radius 3 is 2.43 bits per heavy atom. The quantitative estimate of drug-likeness (QED) is 0.909. The van der Waals surface area contributed by atoms with Crippen molar-refractivity contribution in [2.75, 3.05) is 20.4 Å². The van der Waals surface area contributed by atoms with Gasteiger partial charge in [0, 0.05) is 30.6 Å². The Balaban J connectivity index is 2.66. The molecule has 126 valence electrons. The van der Waals surface area contributed by atoms with Crippen LogP contribution in [0, 0.1) is 0 Å². The van der Waals surface area contributed by atoms with Gasteiger partial charge in [0.25, 0.3) is 0 Å². The van der Waals surface area contributed by atoms with Crippen molar-refractivity contribution in [3.63, 3.8) is 0 Å². The molecule has 0 bridgehead atoms. The van der Waals surface area contributed by atoms with Crippen LogP contribution in [-0.2, 0) is 20.8 Å². The van der Waals surface area contributed by atoms with Gasteiger partial charge in [0.05, 0.1) is 23.8 Å². The predicted octanol–water partition coefficient (Wildman–Crippen LogP) is 2.39. The standard InChI is InChI=1S/C14H15F3N2O3S/c1-19-8-12(22-2)11(7-18-19)10-5-4-9(14(15,16)17)6-13(10)23(3,20)21/h4-8,18H,1-3H3. The van der Waals surface area contributed by atoms with Crippen molar-refractivity contribution in [2.24, 2.45) is 0 Å². The number of halogens is 3. The van der Waals surface area contributed by atoms with E-state index in [-0.39, 0.29) is 5.56 Å². The fourth-order valence-electron chi connectivity index (χ4n) is 2.12. The molecule has 23 heavy (non-hydrogen) atoms. The van der Waals surface area contributed by atoms with E-state index in [0.29, 0.717) is 17.4 Å². The molecule has 1 heterocycles. The minimum absolute atomic E-state index is 0.134. The molecular formula is C14H15F3N2O3S. The van der Waals surface area contributed by atoms with Crippen LogP contribution >= 0.6 is 0 Å². The molecule has 5 nitrogen and oxygen atoms in total. The first-order chi connectivity index (χ1) is 10.5. The van der Waals surface area contributed by atoms with Crippen molar-refractivity contribution in [1.82, 2.24) is 10.4 Å². The summed E-state index contributed by atoms with van der Waals surface area (Å²) >= 11 is 0. The Labute approximate surface area is 131 Å². The second-order valence-electron chi connectivity index (χ2n) is 4.98. The molecule has 1 aromatic carbocycles. The van der Waals surface area contributed by atoms with Crippen molar-refractivity contribution in [3.05, 3.63) is 47.5 Å². The Bertz CT molecular complexity index is 783. The third kappa shape index (κ3) is 3.61. The van der Waals surface area contributed by atoms with E-state index in [4.69, 9.17) is 4.74 Å². The number of ether oxygens (including phenoxy) is 1. The predicted molar refractivity (Wildman–Crippen MR) is 78.5 cm³/mol. The zero-order valence-electron chi connectivity index (χ0n) is 12.6. The summed E-state index contributed by atoms with van der Waals surface area (Å²) in [6.07, 6.45) is -0.738. The van der Waals surface area contributed by atoms with Gasteiger partial charge >= 0.3 is 6.18 Å². The van der Waals surface area contributed by atoms with Gasteiger partial charge in [-0.3, -0.25) is 5.01 Å². The number of hydrogen-bond donors (Lipinski definition) is 1. The number of benzene rings is 1. The van der Waals surface area contributed by atoms with Crippen LogP contribution in [0.25, 0.3) is 5.57 Å². The lowest BCUT2D eigenvalue weighted by Crippen LogP contribution is -2.29. The summed E-state index contributed by atoms with van der Waals surface area (Å²) < 4.78 is 67.7. The summed E-state index contributed by atoms with van der Waals surface area (Å²) in [7, 11) is -0.793. The van der Waals surface area contributed by atoms with Gasteiger partial charge in [-0.2, -0.15) is 13.2 Å². The summed E-state index contributed by atoms with van der Waals surface area (Å²) in [4.78, 5) is -0.409. The highest BCUT2D eigenvalue weighted by atomic mass is 32.2. The van der Waals surface area contributed by atoms with E-state index < -0.39 is 26.5 Å². The van der Waals surface area contributed by atoms with Crippen LogP contribution in [0.3, 0.4) is 0 Å². The van der Waals surface area contributed by atoms with Crippen LogP contribution in [0.15, 0.2) is 41.3 Å². The van der Waals surface area contributed by atoms with Gasteiger partial charge in [0.1, 0.15) is 5.76 Å². The van der Waals surface area contributed by atoms with Crippen molar-refractivity contribution in [3.8, 4) is 0 Å². The molecule has 0 spiro atoms. The van der Waals surface area contributed by atoms with Gasteiger partial charge in [0.15, 0.2) is 9.84 Å². The molecule has 1 aliphatic heterocycles. The highest BCUT2D eigenvalue weighted by Gasteiger charge is 2.33. The Morgan fingerprint density at radius 2 is 1.91 bits per heavy atom. The minimum atomic E-state index is -4.63. The van der Waals surface area contributed by atoms with Gasteiger partial charge in [0.2, 0.25) is 0 Å². The van der Waals surface area contributed by atoms with Crippen LogP contribution < -0.4 is 5.43 Å². The molecule has 1 aromatic rings. The molecule has 0 saturated carbocycles. The maximum Gasteiger partial charge on any atom is 0.416 e. The van der Waals surface area contributed by atoms with Crippen LogP contribution in [0.5, 0.6) is 0 Å². The molecule has 9 heteroatoms. The molecule has 0 unspecified atom stereocenters. The molecule has 0 aliphatic carbocycles. The van der Waals surface area contributed by atoms with Gasteiger partial charge in [-0.25, -0.2) is 8.42 Å². The number of alkyl halides is 3. The number of nitrogens with zero attached hydrogens (tertiary/aromatic N) is 1. The van der Waals surface area contributed by atoms with E-state index in [1.165, 1.54) is 13.3 Å². The second kappa shape index (κ2) is 5.80. The summed E-state index contributed by atoms with van der Waals surface area (Å²) in [5, 5.41) is 1.56. The smallest absolute Gasteiger partial charge is 0.416 e. The lowest BCUT2D eigenvalue weighted by molar-refractivity contribution is -0.137. The number of sulfone groups is 1. The van der Waals surface area contributed by atoms with Crippen molar-refractivity contribution in [2.45, 2.75) is 11.1 Å². The molecule has 0 radical (unpaired) electrons. The first kappa shape index (κ1) is 17.2. The SMILES string of the molecule is COC1=CN(C)NC=C1c1ccc(C(F)(F)F)cc1S(C)(=O)=O. The zero-order chi connectivity index (χ0) is 17.4. The highest BCUT2D eigenvalue weighted by Crippen LogP contribution is 2.36. The summed E-state index contributed by atoms with van der Waals surface area (Å²) in [5.41, 5.74) is 2.27. The molecule has 0 saturated heterocycles. The first-order valence-electron chi connectivity index (χ1n) is 6.41. The minimum Gasteiger partial charge on any atom is -0.494 e. The average Bonchev–Trinajstić information content (AvgIpc) is 2.44. The Hall–Kier alpha value is -2.16. The fraction of sp³-hybridized carbons (Fsp3) is 0.286. The lowest BCUT2D eigenvalue weighted by Gasteiger charge is -2.24. The number of methoxy groups -OCH3 is 1. The molecule has 0 amide bonds. The lowest BCUT2D eigenvalue weighted by atomic mass is 10.0. The second-order valence-corrected chi connectivity index (χ2v) is 6.96. The molecular weight excluding hydrogens is 333 g/mol. The molecule has 1 N–H and O–H groups in total. The monoisotopic (exact) mass is 348 g/mol. The number of hydrazine groups is 1. The molecule has 0 fully saturated rings. The van der Waals surface area contributed by atoms with Gasteiger partial charge in [-0.05, 0) is 12.1 Å². The van der Waals surface area contributed by atoms with E-state index >= 15 is 0 Å². The maximum absolute atomic E-state index is 12.9. The maximum atomic E-state index is 12.9. The van der Waals surface area contributed by atoms with Crippen LogP contribution in [0.4, 0.5) is 13.2 Å². The number of nitrogens with one attached hydrogen (secondary N) is 1. The summed E-state index contributed by atoms with van der Waals surface area (Å²) in [6, 6.07) is 2.61. The van der Waals surface area contributed by atoms with Crippen molar-refractivity contribution >= 4 is 15.4 Å². The molecule has 0 atom stereocenters. The normalized spacial score (nSPS) is 15.7. The van der Waals surface area contributed by atoms with Gasteiger partial charge in [-0.1, -0.05) is 6.07 Å². The van der Waals surface area contributed by atoms with E-state index in [1.807, 2.05) is 0 Å². The Morgan fingerprint density at radius 1 is 1.26 bits per heavy atom. The number of hydrogen-bond acceptors (Lipinski definition) is 5. The van der Waals surface area contributed by atoms with E-state index in [9.17, 15) is 21.6 Å². The van der Waals surface area contributed by atoms with E-state index in [2.05, 4.69) is 5.43 Å². The molecule has 0 aromatic heterocycles. The Kier molecular flexibility index (Phi) is 4.34. The summed E-state index contributed by atoms with van der Waals surface area (Å²) in [6.45, 7) is 0. The van der Waals surface area contributed by atoms with Crippen molar-refractivity contribution < 1.29 is 26.3 Å². The van der Waals surface area contributed by atoms with Crippen LogP contribution in [0.2, 0.25) is 0 Å². The van der Waals surface area contributed by atoms with E-state index in [1.54, 1.807) is 18.3 Å². The van der Waals surface area contributed by atoms with E-state index in [0.717, 1.165) is 18.4 Å². The average molecular weight is 348 g/mol. The number of rotatable bonds is 3. The largest absolute Gasteiger partial charge is 0.494 e. The topological polar surface area (TPSA) is 58.6 Å². The third-order valence-corrected chi connectivity index (χ3v) is 4.34. The summed E-state index contributed by atoms with van der Waals surface area (Å²) in [5.74, 6) is 0.330. The highest BCUT2D eigenvalue weighted by molar-refractivity contribution is 7.90. The van der Waals surface area contributed by atoms with Crippen LogP contribution in [-0.4, -0.2) is 33.8 Å².